The number of imidazole rings is 1. The molecule has 25 heavy (non-hydrogen) atoms. The number of nitrogens with zero attached hydrogens (tertiary/aromatic N) is 4. The van der Waals surface area contributed by atoms with Crippen LogP contribution in [0.25, 0.3) is 5.69 Å². The third kappa shape index (κ3) is 3.15. The molecule has 2 atom stereocenters. The zero-order valence-electron chi connectivity index (χ0n) is 14.3. The Morgan fingerprint density at radius 2 is 1.92 bits per heavy atom. The van der Waals surface area contributed by atoms with E-state index < -0.39 is 0 Å². The minimum atomic E-state index is 0.300. The van der Waals surface area contributed by atoms with Crippen molar-refractivity contribution in [2.75, 3.05) is 20.1 Å². The second-order valence-electron chi connectivity index (χ2n) is 6.72. The van der Waals surface area contributed by atoms with Crippen LogP contribution in [0.4, 0.5) is 0 Å². The van der Waals surface area contributed by atoms with E-state index >= 15 is 0 Å². The van der Waals surface area contributed by atoms with Gasteiger partial charge in [-0.25, -0.2) is 4.98 Å². The molecule has 1 fully saturated rings. The second-order valence-corrected chi connectivity index (χ2v) is 6.72. The van der Waals surface area contributed by atoms with Crippen molar-refractivity contribution >= 4 is 0 Å². The monoisotopic (exact) mass is 334 g/mol. The van der Waals surface area contributed by atoms with Crippen LogP contribution in [0.15, 0.2) is 61.2 Å². The molecular formula is C20H22N4O. The molecule has 0 aliphatic carbocycles. The molecule has 2 aromatic heterocycles. The zero-order chi connectivity index (χ0) is 17.2. The topological polar surface area (TPSA) is 54.2 Å². The Kier molecular flexibility index (Phi) is 4.24. The molecule has 0 saturated carbocycles. The van der Waals surface area contributed by atoms with Gasteiger partial charge in [0, 0.05) is 48.9 Å². The zero-order valence-corrected chi connectivity index (χ0v) is 14.3. The standard InChI is InChI=1S/C20H22N4O/c1-23-11-7-18(19(14-23)15-3-2-4-17(25)13-15)20-22-10-12-24(20)16-5-8-21-9-6-16/h2-6,8-10,12-13,18-19,25H,7,11,14H2,1H3. The van der Waals surface area contributed by atoms with Crippen LogP contribution in [-0.4, -0.2) is 44.7 Å². The number of aromatic hydroxyl groups is 1. The van der Waals surface area contributed by atoms with E-state index in [0.717, 1.165) is 31.0 Å². The third-order valence-electron chi connectivity index (χ3n) is 5.06. The van der Waals surface area contributed by atoms with Gasteiger partial charge in [0.15, 0.2) is 0 Å². The van der Waals surface area contributed by atoms with Crippen LogP contribution in [0.2, 0.25) is 0 Å². The lowest BCUT2D eigenvalue weighted by molar-refractivity contribution is 0.221. The predicted molar refractivity (Wildman–Crippen MR) is 97.1 cm³/mol. The van der Waals surface area contributed by atoms with Crippen LogP contribution < -0.4 is 0 Å². The fourth-order valence-corrected chi connectivity index (χ4v) is 3.83. The van der Waals surface area contributed by atoms with Crippen molar-refractivity contribution in [1.29, 1.82) is 0 Å². The van der Waals surface area contributed by atoms with Crippen molar-refractivity contribution < 1.29 is 5.11 Å². The lowest BCUT2D eigenvalue weighted by Crippen LogP contribution is -2.36. The van der Waals surface area contributed by atoms with Gasteiger partial charge in [-0.05, 0) is 49.8 Å². The van der Waals surface area contributed by atoms with Gasteiger partial charge < -0.3 is 14.6 Å². The van der Waals surface area contributed by atoms with Crippen LogP contribution in [-0.2, 0) is 0 Å². The number of phenols is 1. The number of hydrogen-bond donors (Lipinski definition) is 1. The summed E-state index contributed by atoms with van der Waals surface area (Å²) in [5.41, 5.74) is 2.25. The highest BCUT2D eigenvalue weighted by Gasteiger charge is 2.33. The molecule has 5 heteroatoms. The van der Waals surface area contributed by atoms with E-state index in [2.05, 4.69) is 27.6 Å². The Hall–Kier alpha value is -2.66. The van der Waals surface area contributed by atoms with Crippen molar-refractivity contribution in [2.24, 2.45) is 0 Å². The first kappa shape index (κ1) is 15.8. The number of phenolic OH excluding ortho intramolecular Hbond substituents is 1. The third-order valence-corrected chi connectivity index (χ3v) is 5.06. The molecule has 1 aliphatic heterocycles. The maximum Gasteiger partial charge on any atom is 0.117 e. The van der Waals surface area contributed by atoms with Crippen molar-refractivity contribution in [3.8, 4) is 11.4 Å². The van der Waals surface area contributed by atoms with Crippen molar-refractivity contribution in [3.05, 3.63) is 72.6 Å². The van der Waals surface area contributed by atoms with Gasteiger partial charge >= 0.3 is 0 Å². The number of piperidine rings is 1. The van der Waals surface area contributed by atoms with Gasteiger partial charge in [0.1, 0.15) is 11.6 Å². The fourth-order valence-electron chi connectivity index (χ4n) is 3.83. The largest absolute Gasteiger partial charge is 0.508 e. The van der Waals surface area contributed by atoms with E-state index in [1.54, 1.807) is 18.5 Å². The highest BCUT2D eigenvalue weighted by Crippen LogP contribution is 2.40. The van der Waals surface area contributed by atoms with Crippen molar-refractivity contribution in [2.45, 2.75) is 18.3 Å². The molecule has 1 N–H and O–H groups in total. The number of aromatic nitrogens is 3. The van der Waals surface area contributed by atoms with E-state index in [9.17, 15) is 5.11 Å². The molecule has 128 valence electrons. The summed E-state index contributed by atoms with van der Waals surface area (Å²) in [6.07, 6.45) is 8.54. The fraction of sp³-hybridized carbons (Fsp3) is 0.300. The van der Waals surface area contributed by atoms with Crippen LogP contribution in [0.3, 0.4) is 0 Å². The molecule has 1 saturated heterocycles. The lowest BCUT2D eigenvalue weighted by atomic mass is 9.80. The Balaban J connectivity index is 1.74. The number of likely N-dealkylation sites (N-methyl/N-ethyl adjacent to an activating group) is 1. The minimum absolute atomic E-state index is 0.300. The summed E-state index contributed by atoms with van der Waals surface area (Å²) in [7, 11) is 2.15. The van der Waals surface area contributed by atoms with Gasteiger partial charge in [-0.3, -0.25) is 4.98 Å². The summed E-state index contributed by atoms with van der Waals surface area (Å²) in [6, 6.07) is 11.6. The summed E-state index contributed by atoms with van der Waals surface area (Å²) >= 11 is 0. The molecule has 1 aliphatic rings. The number of hydrogen-bond acceptors (Lipinski definition) is 4. The normalized spacial score (nSPS) is 21.3. The predicted octanol–water partition coefficient (Wildman–Crippen LogP) is 3.18. The summed E-state index contributed by atoms with van der Waals surface area (Å²) < 4.78 is 2.16. The quantitative estimate of drug-likeness (QED) is 0.799. The molecule has 4 rings (SSSR count). The van der Waals surface area contributed by atoms with Gasteiger partial charge in [-0.15, -0.1) is 0 Å². The average molecular weight is 334 g/mol. The summed E-state index contributed by atoms with van der Waals surface area (Å²) in [4.78, 5) is 11.2. The van der Waals surface area contributed by atoms with E-state index in [1.807, 2.05) is 36.7 Å². The highest BCUT2D eigenvalue weighted by molar-refractivity contribution is 5.35. The molecule has 3 heterocycles. The minimum Gasteiger partial charge on any atom is -0.508 e. The molecule has 3 aromatic rings. The van der Waals surface area contributed by atoms with E-state index in [0.29, 0.717) is 17.6 Å². The van der Waals surface area contributed by atoms with Gasteiger partial charge in [0.05, 0.1) is 0 Å². The molecule has 0 spiro atoms. The van der Waals surface area contributed by atoms with Gasteiger partial charge in [0.25, 0.3) is 0 Å². The molecule has 2 unspecified atom stereocenters. The molecule has 5 nitrogen and oxygen atoms in total. The number of pyridine rings is 1. The maximum atomic E-state index is 9.92. The first-order valence-electron chi connectivity index (χ1n) is 8.63. The molecule has 0 bridgehead atoms. The molecule has 1 aromatic carbocycles. The Morgan fingerprint density at radius 3 is 2.72 bits per heavy atom. The van der Waals surface area contributed by atoms with Gasteiger partial charge in [-0.1, -0.05) is 12.1 Å². The summed E-state index contributed by atoms with van der Waals surface area (Å²) in [5.74, 6) is 2.00. The van der Waals surface area contributed by atoms with Crippen LogP contribution in [0.5, 0.6) is 5.75 Å². The molecule has 0 amide bonds. The average Bonchev–Trinajstić information content (AvgIpc) is 3.12. The van der Waals surface area contributed by atoms with Gasteiger partial charge in [-0.2, -0.15) is 0 Å². The first-order valence-corrected chi connectivity index (χ1v) is 8.63. The number of likely N-dealkylation sites (tertiary alicyclic amines) is 1. The molecule has 0 radical (unpaired) electrons. The van der Waals surface area contributed by atoms with E-state index in [-0.39, 0.29) is 0 Å². The second kappa shape index (κ2) is 6.69. The Bertz CT molecular complexity index is 846. The highest BCUT2D eigenvalue weighted by atomic mass is 16.3. The lowest BCUT2D eigenvalue weighted by Gasteiger charge is -2.37. The van der Waals surface area contributed by atoms with Crippen LogP contribution >= 0.6 is 0 Å². The Labute approximate surface area is 147 Å². The van der Waals surface area contributed by atoms with Crippen molar-refractivity contribution in [1.82, 2.24) is 19.4 Å². The van der Waals surface area contributed by atoms with E-state index in [4.69, 9.17) is 4.98 Å². The van der Waals surface area contributed by atoms with Crippen LogP contribution in [0, 0.1) is 0 Å². The van der Waals surface area contributed by atoms with Crippen molar-refractivity contribution in [3.63, 3.8) is 0 Å². The Morgan fingerprint density at radius 1 is 1.08 bits per heavy atom. The number of rotatable bonds is 3. The van der Waals surface area contributed by atoms with Crippen LogP contribution in [0.1, 0.15) is 29.6 Å². The summed E-state index contributed by atoms with van der Waals surface area (Å²) in [6.45, 7) is 2.00. The van der Waals surface area contributed by atoms with E-state index in [1.165, 1.54) is 5.56 Å². The van der Waals surface area contributed by atoms with Gasteiger partial charge in [0.2, 0.25) is 0 Å². The maximum absolute atomic E-state index is 9.92. The molecular weight excluding hydrogens is 312 g/mol. The number of benzene rings is 1. The first-order chi connectivity index (χ1) is 12.2. The smallest absolute Gasteiger partial charge is 0.117 e. The summed E-state index contributed by atoms with van der Waals surface area (Å²) in [5, 5.41) is 9.92. The SMILES string of the molecule is CN1CCC(c2nccn2-c2ccncc2)C(c2cccc(O)c2)C1.